The topological polar surface area (TPSA) is 49.4 Å². The van der Waals surface area contributed by atoms with Crippen molar-refractivity contribution >= 4 is 23.2 Å². The van der Waals surface area contributed by atoms with E-state index in [4.69, 9.17) is 0 Å². The van der Waals surface area contributed by atoms with Crippen LogP contribution in [0.25, 0.3) is 0 Å². The Kier molecular flexibility index (Phi) is 5.94. The number of aryl methyl sites for hydroxylation is 2. The molecule has 1 heterocycles. The molecule has 0 aromatic heterocycles. The lowest BCUT2D eigenvalue weighted by Gasteiger charge is -2.20. The Morgan fingerprint density at radius 3 is 2.59 bits per heavy atom. The third-order valence-corrected chi connectivity index (χ3v) is 5.40. The van der Waals surface area contributed by atoms with Crippen LogP contribution in [0.1, 0.15) is 42.9 Å². The Hall–Kier alpha value is -2.62. The van der Waals surface area contributed by atoms with E-state index in [0.717, 1.165) is 28.9 Å². The summed E-state index contributed by atoms with van der Waals surface area (Å²) in [6, 6.07) is 14.0. The van der Waals surface area contributed by atoms with E-state index in [0.29, 0.717) is 6.54 Å². The van der Waals surface area contributed by atoms with Crippen LogP contribution in [0.15, 0.2) is 42.5 Å². The Labute approximate surface area is 161 Å². The van der Waals surface area contributed by atoms with Crippen molar-refractivity contribution in [2.75, 3.05) is 16.8 Å². The first kappa shape index (κ1) is 19.2. The van der Waals surface area contributed by atoms with E-state index in [2.05, 4.69) is 24.4 Å². The average Bonchev–Trinajstić information content (AvgIpc) is 3.05. The van der Waals surface area contributed by atoms with Crippen LogP contribution in [0.2, 0.25) is 0 Å². The van der Waals surface area contributed by atoms with Crippen molar-refractivity contribution in [3.63, 3.8) is 0 Å². The molecule has 3 rings (SSSR count). The molecular weight excluding hydrogens is 336 g/mol. The summed E-state index contributed by atoms with van der Waals surface area (Å²) in [5.74, 6) is -0.395. The van der Waals surface area contributed by atoms with Gasteiger partial charge in [-0.25, -0.2) is 0 Å². The molecule has 0 aliphatic carbocycles. The van der Waals surface area contributed by atoms with Crippen LogP contribution >= 0.6 is 0 Å². The first-order chi connectivity index (χ1) is 13.0. The Bertz CT molecular complexity index is 827. The van der Waals surface area contributed by atoms with E-state index in [1.54, 1.807) is 4.90 Å². The smallest absolute Gasteiger partial charge is 0.229 e. The summed E-state index contributed by atoms with van der Waals surface area (Å²) in [7, 11) is 0. The van der Waals surface area contributed by atoms with E-state index in [1.807, 2.05) is 44.2 Å². The van der Waals surface area contributed by atoms with Crippen LogP contribution < -0.4 is 10.2 Å². The average molecular weight is 364 g/mol. The van der Waals surface area contributed by atoms with Gasteiger partial charge in [0.2, 0.25) is 11.8 Å². The van der Waals surface area contributed by atoms with Gasteiger partial charge < -0.3 is 10.2 Å². The van der Waals surface area contributed by atoms with Crippen molar-refractivity contribution in [2.45, 2.75) is 46.5 Å². The van der Waals surface area contributed by atoms with E-state index < -0.39 is 0 Å². The fourth-order valence-corrected chi connectivity index (χ4v) is 3.52. The molecule has 0 radical (unpaired) electrons. The van der Waals surface area contributed by atoms with Crippen LogP contribution in [0.5, 0.6) is 0 Å². The lowest BCUT2D eigenvalue weighted by Crippen LogP contribution is -2.28. The largest absolute Gasteiger partial charge is 0.326 e. The van der Waals surface area contributed by atoms with Crippen molar-refractivity contribution in [2.24, 2.45) is 5.92 Å². The van der Waals surface area contributed by atoms with E-state index in [-0.39, 0.29) is 24.2 Å². The molecule has 27 heavy (non-hydrogen) atoms. The predicted octanol–water partition coefficient (Wildman–Crippen LogP) is 4.64. The fraction of sp³-hybridized carbons (Fsp3) is 0.391. The number of nitrogens with zero attached hydrogens (tertiary/aromatic N) is 1. The zero-order chi connectivity index (χ0) is 19.4. The number of carbonyl (C=O) groups excluding carboxylic acids is 2. The predicted molar refractivity (Wildman–Crippen MR) is 110 cm³/mol. The molecule has 0 unspecified atom stereocenters. The molecule has 1 fully saturated rings. The van der Waals surface area contributed by atoms with Crippen molar-refractivity contribution in [3.8, 4) is 0 Å². The molecule has 1 saturated heterocycles. The van der Waals surface area contributed by atoms with Gasteiger partial charge >= 0.3 is 0 Å². The highest BCUT2D eigenvalue weighted by atomic mass is 16.2. The summed E-state index contributed by atoms with van der Waals surface area (Å²) in [6.07, 6.45) is 3.66. The van der Waals surface area contributed by atoms with Crippen molar-refractivity contribution < 1.29 is 9.59 Å². The second-order valence-corrected chi connectivity index (χ2v) is 7.41. The van der Waals surface area contributed by atoms with E-state index >= 15 is 0 Å². The SMILES string of the molecule is CCCCc1ccc(NC(=O)[C@H]2CC(=O)N(c3cccc(C)c3C)C2)cc1. The highest BCUT2D eigenvalue weighted by Crippen LogP contribution is 2.30. The molecule has 2 amide bonds. The molecule has 0 spiro atoms. The van der Waals surface area contributed by atoms with Crippen LogP contribution in [0.3, 0.4) is 0 Å². The van der Waals surface area contributed by atoms with Crippen molar-refractivity contribution in [1.29, 1.82) is 0 Å². The van der Waals surface area contributed by atoms with Gasteiger partial charge in [0.15, 0.2) is 0 Å². The number of anilines is 2. The molecule has 0 saturated carbocycles. The minimum absolute atomic E-state index is 0.0127. The summed E-state index contributed by atoms with van der Waals surface area (Å²) >= 11 is 0. The third-order valence-electron chi connectivity index (χ3n) is 5.40. The van der Waals surface area contributed by atoms with Gasteiger partial charge in [0.25, 0.3) is 0 Å². The van der Waals surface area contributed by atoms with E-state index in [9.17, 15) is 9.59 Å². The molecule has 1 atom stereocenters. The van der Waals surface area contributed by atoms with Gasteiger partial charge in [0.05, 0.1) is 5.92 Å². The second kappa shape index (κ2) is 8.38. The van der Waals surface area contributed by atoms with Crippen molar-refractivity contribution in [3.05, 3.63) is 59.2 Å². The summed E-state index contributed by atoms with van der Waals surface area (Å²) in [5, 5.41) is 2.97. The first-order valence-electron chi connectivity index (χ1n) is 9.76. The summed E-state index contributed by atoms with van der Waals surface area (Å²) < 4.78 is 0. The number of rotatable bonds is 6. The minimum atomic E-state index is -0.322. The monoisotopic (exact) mass is 364 g/mol. The number of hydrogen-bond donors (Lipinski definition) is 1. The van der Waals surface area contributed by atoms with Gasteiger partial charge in [-0.15, -0.1) is 0 Å². The number of benzene rings is 2. The Balaban J connectivity index is 1.64. The Morgan fingerprint density at radius 2 is 1.89 bits per heavy atom. The van der Waals surface area contributed by atoms with Crippen LogP contribution in [-0.4, -0.2) is 18.4 Å². The van der Waals surface area contributed by atoms with Gasteiger partial charge in [-0.3, -0.25) is 9.59 Å². The third kappa shape index (κ3) is 4.38. The van der Waals surface area contributed by atoms with Crippen LogP contribution in [-0.2, 0) is 16.0 Å². The van der Waals surface area contributed by atoms with Gasteiger partial charge in [-0.2, -0.15) is 0 Å². The number of amides is 2. The number of hydrogen-bond acceptors (Lipinski definition) is 2. The zero-order valence-corrected chi connectivity index (χ0v) is 16.4. The highest BCUT2D eigenvalue weighted by Gasteiger charge is 2.35. The second-order valence-electron chi connectivity index (χ2n) is 7.41. The lowest BCUT2D eigenvalue weighted by molar-refractivity contribution is -0.122. The summed E-state index contributed by atoms with van der Waals surface area (Å²) in [4.78, 5) is 26.9. The zero-order valence-electron chi connectivity index (χ0n) is 16.4. The van der Waals surface area contributed by atoms with Gasteiger partial charge in [0, 0.05) is 24.3 Å². The summed E-state index contributed by atoms with van der Waals surface area (Å²) in [5.41, 5.74) is 5.23. The number of carbonyl (C=O) groups is 2. The maximum Gasteiger partial charge on any atom is 0.229 e. The molecule has 1 aliphatic heterocycles. The van der Waals surface area contributed by atoms with Gasteiger partial charge in [0.1, 0.15) is 0 Å². The standard InChI is InChI=1S/C23H28N2O2/c1-4-5-8-18-10-12-20(13-11-18)24-23(27)19-14-22(26)25(15-19)21-9-6-7-16(2)17(21)3/h6-7,9-13,19H,4-5,8,14-15H2,1-3H3,(H,24,27)/t19-/m0/s1. The van der Waals surface area contributed by atoms with Gasteiger partial charge in [-0.1, -0.05) is 37.6 Å². The van der Waals surface area contributed by atoms with Gasteiger partial charge in [-0.05, 0) is 61.6 Å². The number of unbranched alkanes of at least 4 members (excludes halogenated alkanes) is 1. The van der Waals surface area contributed by atoms with Crippen LogP contribution in [0, 0.1) is 19.8 Å². The molecule has 4 nitrogen and oxygen atoms in total. The molecular formula is C23H28N2O2. The maximum atomic E-state index is 12.7. The molecule has 0 bridgehead atoms. The molecule has 4 heteroatoms. The number of nitrogens with one attached hydrogen (secondary N) is 1. The quantitative estimate of drug-likeness (QED) is 0.812. The molecule has 1 aliphatic rings. The fourth-order valence-electron chi connectivity index (χ4n) is 3.52. The normalized spacial score (nSPS) is 16.6. The summed E-state index contributed by atoms with van der Waals surface area (Å²) in [6.45, 7) is 6.67. The lowest BCUT2D eigenvalue weighted by atomic mass is 10.1. The molecule has 2 aromatic carbocycles. The van der Waals surface area contributed by atoms with Crippen LogP contribution in [0.4, 0.5) is 11.4 Å². The minimum Gasteiger partial charge on any atom is -0.326 e. The molecule has 142 valence electrons. The maximum absolute atomic E-state index is 12.7. The molecule has 2 aromatic rings. The van der Waals surface area contributed by atoms with E-state index in [1.165, 1.54) is 18.4 Å². The molecule has 1 N–H and O–H groups in total. The van der Waals surface area contributed by atoms with Crippen molar-refractivity contribution in [1.82, 2.24) is 0 Å². The Morgan fingerprint density at radius 1 is 1.15 bits per heavy atom. The highest BCUT2D eigenvalue weighted by molar-refractivity contribution is 6.03. The first-order valence-corrected chi connectivity index (χ1v) is 9.76.